The molecule has 0 saturated heterocycles. The molecule has 0 spiro atoms. The number of carbonyl (C=O) groups is 2. The predicted molar refractivity (Wildman–Crippen MR) is 143 cm³/mol. The minimum atomic E-state index is -0.365. The van der Waals surface area contributed by atoms with Gasteiger partial charge in [0.05, 0.1) is 18.1 Å². The number of primary amides is 1. The van der Waals surface area contributed by atoms with E-state index in [2.05, 4.69) is 37.6 Å². The van der Waals surface area contributed by atoms with E-state index < -0.39 is 0 Å². The van der Waals surface area contributed by atoms with Crippen LogP contribution >= 0.6 is 0 Å². The van der Waals surface area contributed by atoms with Crippen molar-refractivity contribution in [3.05, 3.63) is 24.3 Å². The number of nitrogens with two attached hydrogens (primary N) is 1. The highest BCUT2D eigenvalue weighted by Crippen LogP contribution is 2.52. The molecule has 9 nitrogen and oxygen atoms in total. The topological polar surface area (TPSA) is 131 Å². The van der Waals surface area contributed by atoms with Crippen LogP contribution in [0.2, 0.25) is 0 Å². The molecule has 0 aromatic carbocycles. The normalized spacial score (nSPS) is 29.5. The first-order valence-electron chi connectivity index (χ1n) is 13.8. The number of imidazole rings is 1. The summed E-state index contributed by atoms with van der Waals surface area (Å²) >= 11 is 0. The fourth-order valence-corrected chi connectivity index (χ4v) is 7.35. The fraction of sp³-hybridized carbons (Fsp3) is 0.607. The van der Waals surface area contributed by atoms with Crippen molar-refractivity contribution in [2.75, 3.05) is 6.54 Å². The zero-order valence-electron chi connectivity index (χ0n) is 21.5. The number of nitrogens with one attached hydrogen (secondary N) is 2. The quantitative estimate of drug-likeness (QED) is 0.401. The molecular formula is C28H37N7O2. The summed E-state index contributed by atoms with van der Waals surface area (Å²) in [6, 6.07) is 2.36. The van der Waals surface area contributed by atoms with Crippen LogP contribution in [0.4, 0.5) is 0 Å². The summed E-state index contributed by atoms with van der Waals surface area (Å²) in [5.74, 6) is 1.32. The Kier molecular flexibility index (Phi) is 6.04. The number of aromatic nitrogens is 4. The molecule has 196 valence electrons. The lowest BCUT2D eigenvalue weighted by molar-refractivity contribution is -0.136. The fourth-order valence-electron chi connectivity index (χ4n) is 7.35. The van der Waals surface area contributed by atoms with Gasteiger partial charge >= 0.3 is 0 Å². The number of aliphatic imine (C=N–C) groups is 1. The van der Waals surface area contributed by atoms with E-state index in [1.165, 1.54) is 0 Å². The van der Waals surface area contributed by atoms with Crippen molar-refractivity contribution >= 4 is 40.6 Å². The van der Waals surface area contributed by atoms with Gasteiger partial charge in [0.1, 0.15) is 17.0 Å². The summed E-state index contributed by atoms with van der Waals surface area (Å²) in [4.78, 5) is 42.3. The first-order chi connectivity index (χ1) is 17.9. The number of fused-ring (bicyclic) bond motifs is 6. The molecule has 0 atom stereocenters. The Morgan fingerprint density at radius 2 is 1.89 bits per heavy atom. The van der Waals surface area contributed by atoms with Gasteiger partial charge in [-0.05, 0) is 89.3 Å². The molecule has 4 saturated carbocycles. The molecule has 4 N–H and O–H groups in total. The molecule has 3 aromatic rings. The van der Waals surface area contributed by atoms with Crippen molar-refractivity contribution < 1.29 is 9.59 Å². The molecule has 2 amide bonds. The molecule has 2 bridgehead atoms. The Balaban J connectivity index is 1.26. The van der Waals surface area contributed by atoms with Crippen molar-refractivity contribution in [2.24, 2.45) is 22.1 Å². The van der Waals surface area contributed by atoms with Crippen molar-refractivity contribution in [3.63, 3.8) is 0 Å². The summed E-state index contributed by atoms with van der Waals surface area (Å²) in [7, 11) is 0. The largest absolute Gasteiger partial charge is 0.369 e. The van der Waals surface area contributed by atoms with E-state index in [-0.39, 0.29) is 29.2 Å². The van der Waals surface area contributed by atoms with Crippen LogP contribution in [-0.2, 0) is 16.0 Å². The number of amides is 2. The number of hydrogen-bond donors (Lipinski definition) is 3. The van der Waals surface area contributed by atoms with E-state index in [1.807, 2.05) is 12.4 Å². The van der Waals surface area contributed by atoms with Crippen LogP contribution in [0.15, 0.2) is 23.5 Å². The third kappa shape index (κ3) is 4.22. The van der Waals surface area contributed by atoms with Crippen molar-refractivity contribution in [1.82, 2.24) is 24.8 Å². The zero-order chi connectivity index (χ0) is 25.6. The molecule has 7 rings (SSSR count). The van der Waals surface area contributed by atoms with Gasteiger partial charge in [0.25, 0.3) is 0 Å². The van der Waals surface area contributed by atoms with Gasteiger partial charge in [-0.1, -0.05) is 0 Å². The molecule has 0 unspecified atom stereocenters. The number of H-pyrrole nitrogens is 1. The number of carbonyl (C=O) groups excluding carboxylic acids is 2. The van der Waals surface area contributed by atoms with Gasteiger partial charge in [-0.15, -0.1) is 0 Å². The average Bonchev–Trinajstić information content (AvgIpc) is 3.52. The Labute approximate surface area is 216 Å². The van der Waals surface area contributed by atoms with Crippen LogP contribution in [-0.4, -0.2) is 50.1 Å². The van der Waals surface area contributed by atoms with Crippen LogP contribution in [0.5, 0.6) is 0 Å². The second kappa shape index (κ2) is 9.26. The zero-order valence-corrected chi connectivity index (χ0v) is 21.5. The van der Waals surface area contributed by atoms with Gasteiger partial charge in [-0.3, -0.25) is 9.59 Å². The van der Waals surface area contributed by atoms with Crippen LogP contribution in [0.3, 0.4) is 0 Å². The van der Waals surface area contributed by atoms with Crippen molar-refractivity contribution in [1.29, 1.82) is 0 Å². The lowest BCUT2D eigenvalue weighted by Gasteiger charge is -2.52. The SMILES string of the molecule is C=NCCC1CCC(n2c(CC(=O)NC34CCC(C(N)=O)(CC3)CC4)nc3cnc4[nH]ccc4c32)CC1. The molecule has 4 aliphatic rings. The highest BCUT2D eigenvalue weighted by Gasteiger charge is 2.52. The molecule has 9 heteroatoms. The molecule has 0 aliphatic heterocycles. The van der Waals surface area contributed by atoms with Crippen LogP contribution in [0, 0.1) is 11.3 Å². The smallest absolute Gasteiger partial charge is 0.228 e. The highest BCUT2D eigenvalue weighted by molar-refractivity contribution is 6.01. The first-order valence-corrected chi connectivity index (χ1v) is 13.8. The Bertz CT molecular complexity index is 1320. The summed E-state index contributed by atoms with van der Waals surface area (Å²) in [6.45, 7) is 4.46. The standard InChI is InChI=1S/C28H37N7O2/c1-30-14-6-18-2-4-19(5-3-18)35-22(33-21-17-32-25-20(24(21)35)7-15-31-25)16-23(36)34-28-11-8-27(9-12-28,10-13-28)26(29)37/h7,15,17-19H,1-6,8-14,16H2,(H2,29,37)(H,31,32)(H,34,36). The lowest BCUT2D eigenvalue weighted by Crippen LogP contribution is -2.59. The van der Waals surface area contributed by atoms with Crippen molar-refractivity contribution in [2.45, 2.75) is 88.6 Å². The van der Waals surface area contributed by atoms with Crippen LogP contribution in [0.1, 0.15) is 82.5 Å². The monoisotopic (exact) mass is 503 g/mol. The summed E-state index contributed by atoms with van der Waals surface area (Å²) < 4.78 is 2.34. The van der Waals surface area contributed by atoms with Crippen LogP contribution < -0.4 is 11.1 Å². The predicted octanol–water partition coefficient (Wildman–Crippen LogP) is 3.97. The number of rotatable bonds is 8. The number of aromatic amines is 1. The first kappa shape index (κ1) is 24.1. The third-order valence-corrected chi connectivity index (χ3v) is 9.68. The van der Waals surface area contributed by atoms with Crippen LogP contribution in [0.25, 0.3) is 22.1 Å². The van der Waals surface area contributed by atoms with E-state index >= 15 is 0 Å². The summed E-state index contributed by atoms with van der Waals surface area (Å²) in [5.41, 5.74) is 7.89. The van der Waals surface area contributed by atoms with E-state index in [0.29, 0.717) is 12.0 Å². The maximum absolute atomic E-state index is 13.5. The van der Waals surface area contributed by atoms with Gasteiger partial charge in [0, 0.05) is 35.1 Å². The van der Waals surface area contributed by atoms with Crippen molar-refractivity contribution in [3.8, 4) is 0 Å². The summed E-state index contributed by atoms with van der Waals surface area (Å²) in [5, 5.41) is 4.43. The summed E-state index contributed by atoms with van der Waals surface area (Å²) in [6.07, 6.45) is 14.2. The van der Waals surface area contributed by atoms with E-state index in [4.69, 9.17) is 10.7 Å². The van der Waals surface area contributed by atoms with E-state index in [0.717, 1.165) is 105 Å². The second-order valence-electron chi connectivity index (χ2n) is 11.7. The molecule has 4 aliphatic carbocycles. The van der Waals surface area contributed by atoms with Gasteiger partial charge in [0.15, 0.2) is 0 Å². The number of nitrogens with zero attached hydrogens (tertiary/aromatic N) is 4. The van der Waals surface area contributed by atoms with E-state index in [9.17, 15) is 9.59 Å². The van der Waals surface area contributed by atoms with Gasteiger partial charge < -0.3 is 25.6 Å². The third-order valence-electron chi connectivity index (χ3n) is 9.68. The molecular weight excluding hydrogens is 466 g/mol. The Morgan fingerprint density at radius 1 is 1.16 bits per heavy atom. The number of hydrogen-bond acceptors (Lipinski definition) is 5. The molecule has 37 heavy (non-hydrogen) atoms. The Hall–Kier alpha value is -3.23. The average molecular weight is 504 g/mol. The molecule has 3 aromatic heterocycles. The minimum absolute atomic E-state index is 0.00838. The van der Waals surface area contributed by atoms with Gasteiger partial charge in [0.2, 0.25) is 11.8 Å². The highest BCUT2D eigenvalue weighted by atomic mass is 16.2. The minimum Gasteiger partial charge on any atom is -0.369 e. The van der Waals surface area contributed by atoms with Gasteiger partial charge in [-0.2, -0.15) is 0 Å². The maximum Gasteiger partial charge on any atom is 0.228 e. The molecule has 4 fully saturated rings. The lowest BCUT2D eigenvalue weighted by atomic mass is 9.57. The van der Waals surface area contributed by atoms with Gasteiger partial charge in [-0.25, -0.2) is 9.97 Å². The van der Waals surface area contributed by atoms with E-state index in [1.54, 1.807) is 0 Å². The Morgan fingerprint density at radius 3 is 2.57 bits per heavy atom. The number of pyridine rings is 1. The molecule has 0 radical (unpaired) electrons. The maximum atomic E-state index is 13.5. The molecule has 3 heterocycles. The second-order valence-corrected chi connectivity index (χ2v) is 11.7.